The summed E-state index contributed by atoms with van der Waals surface area (Å²) in [7, 11) is 1.80. The van der Waals surface area contributed by atoms with E-state index < -0.39 is 4.92 Å². The minimum atomic E-state index is -0.397. The third-order valence-corrected chi connectivity index (χ3v) is 4.24. The third-order valence-electron chi connectivity index (χ3n) is 3.63. The van der Waals surface area contributed by atoms with E-state index in [1.807, 2.05) is 19.1 Å². The van der Waals surface area contributed by atoms with Crippen molar-refractivity contribution in [3.63, 3.8) is 0 Å². The Balaban J connectivity index is 2.22. The number of benzene rings is 1. The van der Waals surface area contributed by atoms with Gasteiger partial charge in [-0.2, -0.15) is 0 Å². The average Bonchev–Trinajstić information content (AvgIpc) is 2.54. The van der Waals surface area contributed by atoms with Crippen LogP contribution in [0.25, 0.3) is 22.0 Å². The Morgan fingerprint density at radius 3 is 2.70 bits per heavy atom. The fourth-order valence-corrected chi connectivity index (χ4v) is 2.90. The Morgan fingerprint density at radius 2 is 2.00 bits per heavy atom. The molecule has 0 aliphatic rings. The number of aryl methyl sites for hydroxylation is 1. The quantitative estimate of drug-likeness (QED) is 0.420. The van der Waals surface area contributed by atoms with Crippen molar-refractivity contribution >= 4 is 38.3 Å². The van der Waals surface area contributed by atoms with Crippen LogP contribution in [0.4, 0.5) is 11.5 Å². The first kappa shape index (κ1) is 15.4. The molecule has 0 radical (unpaired) electrons. The lowest BCUT2D eigenvalue weighted by atomic mass is 10.0. The Bertz CT molecular complexity index is 927. The molecule has 7 heteroatoms. The zero-order valence-electron chi connectivity index (χ0n) is 12.5. The fraction of sp³-hybridized carbons (Fsp3) is 0.125. The summed E-state index contributed by atoms with van der Waals surface area (Å²) >= 11 is 3.47. The lowest BCUT2D eigenvalue weighted by molar-refractivity contribution is -0.384. The van der Waals surface area contributed by atoms with E-state index in [1.165, 1.54) is 6.07 Å². The first-order chi connectivity index (χ1) is 11.0. The molecule has 0 unspecified atom stereocenters. The molecular weight excluding hydrogens is 360 g/mol. The topological polar surface area (TPSA) is 81.0 Å². The van der Waals surface area contributed by atoms with Crippen molar-refractivity contribution < 1.29 is 4.92 Å². The summed E-state index contributed by atoms with van der Waals surface area (Å²) in [6.07, 6.45) is 1.73. The van der Waals surface area contributed by atoms with Crippen molar-refractivity contribution in [1.29, 1.82) is 0 Å². The minimum absolute atomic E-state index is 0.0567. The van der Waals surface area contributed by atoms with E-state index in [0.29, 0.717) is 4.60 Å². The number of anilines is 1. The molecule has 0 saturated carbocycles. The number of nitrogens with one attached hydrogen (secondary N) is 1. The van der Waals surface area contributed by atoms with E-state index in [9.17, 15) is 10.1 Å². The summed E-state index contributed by atoms with van der Waals surface area (Å²) in [6.45, 7) is 1.91. The highest BCUT2D eigenvalue weighted by atomic mass is 79.9. The van der Waals surface area contributed by atoms with Crippen LogP contribution in [0.3, 0.4) is 0 Å². The number of non-ortho nitro benzene ring substituents is 1. The molecule has 3 aromatic rings. The highest BCUT2D eigenvalue weighted by Gasteiger charge is 2.14. The SMILES string of the molecule is CNc1cc2nc(Br)c(-c3cc([N+](=O)[O-])ccc3C)cc2cn1. The molecule has 0 atom stereocenters. The molecule has 0 fully saturated rings. The maximum absolute atomic E-state index is 11.0. The van der Waals surface area contributed by atoms with E-state index in [4.69, 9.17) is 0 Å². The van der Waals surface area contributed by atoms with Crippen LogP contribution in [0.2, 0.25) is 0 Å². The predicted octanol–water partition coefficient (Wildman–Crippen LogP) is 4.32. The monoisotopic (exact) mass is 372 g/mol. The van der Waals surface area contributed by atoms with Gasteiger partial charge in [-0.05, 0) is 40.0 Å². The molecule has 0 aliphatic heterocycles. The van der Waals surface area contributed by atoms with Gasteiger partial charge in [0.25, 0.3) is 5.69 Å². The van der Waals surface area contributed by atoms with Gasteiger partial charge in [0.05, 0.1) is 10.4 Å². The van der Waals surface area contributed by atoms with E-state index in [2.05, 4.69) is 31.2 Å². The molecule has 0 spiro atoms. The number of fused-ring (bicyclic) bond motifs is 1. The van der Waals surface area contributed by atoms with Crippen molar-refractivity contribution in [2.24, 2.45) is 0 Å². The molecule has 23 heavy (non-hydrogen) atoms. The van der Waals surface area contributed by atoms with Gasteiger partial charge in [-0.25, -0.2) is 9.97 Å². The number of nitrogens with zero attached hydrogens (tertiary/aromatic N) is 3. The molecular formula is C16H13BrN4O2. The summed E-state index contributed by atoms with van der Waals surface area (Å²) in [5.41, 5.74) is 3.37. The van der Waals surface area contributed by atoms with Crippen molar-refractivity contribution in [2.45, 2.75) is 6.92 Å². The second-order valence-electron chi connectivity index (χ2n) is 5.10. The number of pyridine rings is 2. The number of rotatable bonds is 3. The van der Waals surface area contributed by atoms with Gasteiger partial charge in [0.2, 0.25) is 0 Å². The highest BCUT2D eigenvalue weighted by Crippen LogP contribution is 2.34. The van der Waals surface area contributed by atoms with Crippen molar-refractivity contribution in [3.05, 3.63) is 56.8 Å². The molecule has 2 heterocycles. The van der Waals surface area contributed by atoms with Crippen molar-refractivity contribution in [3.8, 4) is 11.1 Å². The zero-order valence-corrected chi connectivity index (χ0v) is 14.1. The number of nitro benzene ring substituents is 1. The zero-order chi connectivity index (χ0) is 16.6. The first-order valence-corrected chi connectivity index (χ1v) is 7.68. The highest BCUT2D eigenvalue weighted by molar-refractivity contribution is 9.10. The normalized spacial score (nSPS) is 10.7. The number of hydrogen-bond donors (Lipinski definition) is 1. The third kappa shape index (κ3) is 2.87. The van der Waals surface area contributed by atoms with Crippen LogP contribution >= 0.6 is 15.9 Å². The molecule has 0 saturated heterocycles. The number of aromatic nitrogens is 2. The van der Waals surface area contributed by atoms with E-state index in [1.54, 1.807) is 25.4 Å². The van der Waals surface area contributed by atoms with E-state index in [-0.39, 0.29) is 5.69 Å². The summed E-state index contributed by atoms with van der Waals surface area (Å²) in [6, 6.07) is 8.60. The Hall–Kier alpha value is -2.54. The van der Waals surface area contributed by atoms with Gasteiger partial charge < -0.3 is 5.32 Å². The predicted molar refractivity (Wildman–Crippen MR) is 93.6 cm³/mol. The lowest BCUT2D eigenvalue weighted by Gasteiger charge is -2.10. The van der Waals surface area contributed by atoms with Crippen molar-refractivity contribution in [2.75, 3.05) is 12.4 Å². The Morgan fingerprint density at radius 1 is 1.22 bits per heavy atom. The van der Waals surface area contributed by atoms with Gasteiger partial charge in [0, 0.05) is 42.4 Å². The number of hydrogen-bond acceptors (Lipinski definition) is 5. The van der Waals surface area contributed by atoms with E-state index in [0.717, 1.165) is 33.4 Å². The average molecular weight is 373 g/mol. The molecule has 0 amide bonds. The van der Waals surface area contributed by atoms with E-state index >= 15 is 0 Å². The van der Waals surface area contributed by atoms with Crippen LogP contribution in [-0.2, 0) is 0 Å². The van der Waals surface area contributed by atoms with Gasteiger partial charge in [-0.15, -0.1) is 0 Å². The van der Waals surface area contributed by atoms with Crippen molar-refractivity contribution in [1.82, 2.24) is 9.97 Å². The molecule has 0 aliphatic carbocycles. The number of halogens is 1. The lowest BCUT2D eigenvalue weighted by Crippen LogP contribution is -1.95. The summed E-state index contributed by atoms with van der Waals surface area (Å²) in [5, 5.41) is 14.9. The molecule has 2 aromatic heterocycles. The maximum atomic E-state index is 11.0. The summed E-state index contributed by atoms with van der Waals surface area (Å²) in [4.78, 5) is 19.5. The number of nitro groups is 1. The minimum Gasteiger partial charge on any atom is -0.373 e. The van der Waals surface area contributed by atoms with Gasteiger partial charge in [0.1, 0.15) is 10.4 Å². The van der Waals surface area contributed by atoms with Crippen LogP contribution in [0.1, 0.15) is 5.56 Å². The molecule has 1 aromatic carbocycles. The standard InChI is InChI=1S/C16H13BrN4O2/c1-9-3-4-11(21(22)23)6-12(9)13-5-10-8-19-15(18-2)7-14(10)20-16(13)17/h3-8H,1-2H3,(H,18,19). The summed E-state index contributed by atoms with van der Waals surface area (Å²) in [5.74, 6) is 0.733. The molecule has 1 N–H and O–H groups in total. The molecule has 0 bridgehead atoms. The first-order valence-electron chi connectivity index (χ1n) is 6.89. The van der Waals surface area contributed by atoms with Crippen LogP contribution in [0.15, 0.2) is 41.1 Å². The van der Waals surface area contributed by atoms with Crippen LogP contribution in [-0.4, -0.2) is 21.9 Å². The van der Waals surface area contributed by atoms with Gasteiger partial charge >= 0.3 is 0 Å². The second kappa shape index (κ2) is 5.92. The second-order valence-corrected chi connectivity index (χ2v) is 5.85. The molecule has 6 nitrogen and oxygen atoms in total. The molecule has 3 rings (SSSR count). The van der Waals surface area contributed by atoms with Crippen LogP contribution in [0.5, 0.6) is 0 Å². The van der Waals surface area contributed by atoms with Gasteiger partial charge in [-0.1, -0.05) is 6.07 Å². The Labute approximate surface area is 140 Å². The van der Waals surface area contributed by atoms with Gasteiger partial charge in [0.15, 0.2) is 0 Å². The van der Waals surface area contributed by atoms with Gasteiger partial charge in [-0.3, -0.25) is 10.1 Å². The maximum Gasteiger partial charge on any atom is 0.270 e. The van der Waals surface area contributed by atoms with Crippen LogP contribution in [0, 0.1) is 17.0 Å². The fourth-order valence-electron chi connectivity index (χ4n) is 2.38. The Kier molecular flexibility index (Phi) is 3.96. The molecule has 116 valence electrons. The summed E-state index contributed by atoms with van der Waals surface area (Å²) < 4.78 is 0.641. The van der Waals surface area contributed by atoms with Crippen LogP contribution < -0.4 is 5.32 Å². The largest absolute Gasteiger partial charge is 0.373 e. The smallest absolute Gasteiger partial charge is 0.270 e.